The standard InChI is InChI=1S/C22H25NO5/c1-5-26-18-7-6-15(11-17(18)23)21(24)16(13(2)3)8-14-9-19(25-4)22-20(10-14)27-12-28-22/h6-11,13H,5,12,23H2,1-4H3/b16-8+. The van der Waals surface area contributed by atoms with Gasteiger partial charge >= 0.3 is 0 Å². The van der Waals surface area contributed by atoms with E-state index >= 15 is 0 Å². The minimum absolute atomic E-state index is 0.0108. The van der Waals surface area contributed by atoms with Crippen LogP contribution in [-0.2, 0) is 0 Å². The molecule has 0 saturated carbocycles. The highest BCUT2D eigenvalue weighted by Crippen LogP contribution is 2.42. The topological polar surface area (TPSA) is 80.0 Å². The second-order valence-electron chi connectivity index (χ2n) is 6.73. The van der Waals surface area contributed by atoms with Crippen LogP contribution in [0.25, 0.3) is 6.08 Å². The van der Waals surface area contributed by atoms with Crippen molar-refractivity contribution in [3.05, 3.63) is 47.0 Å². The predicted molar refractivity (Wildman–Crippen MR) is 108 cm³/mol. The molecule has 0 saturated heterocycles. The van der Waals surface area contributed by atoms with Crippen molar-refractivity contribution >= 4 is 17.5 Å². The number of fused-ring (bicyclic) bond motifs is 1. The Morgan fingerprint density at radius 1 is 1.21 bits per heavy atom. The quantitative estimate of drug-likeness (QED) is 0.436. The Balaban J connectivity index is 1.98. The molecule has 0 unspecified atom stereocenters. The van der Waals surface area contributed by atoms with E-state index in [0.29, 0.717) is 46.4 Å². The Morgan fingerprint density at radius 2 is 2.00 bits per heavy atom. The molecule has 0 atom stereocenters. The molecule has 1 aliphatic heterocycles. The summed E-state index contributed by atoms with van der Waals surface area (Å²) < 4.78 is 21.7. The van der Waals surface area contributed by atoms with Crippen molar-refractivity contribution < 1.29 is 23.7 Å². The van der Waals surface area contributed by atoms with Crippen LogP contribution in [-0.4, -0.2) is 26.3 Å². The summed E-state index contributed by atoms with van der Waals surface area (Å²) >= 11 is 0. The van der Waals surface area contributed by atoms with E-state index in [1.54, 1.807) is 25.3 Å². The molecule has 1 heterocycles. The van der Waals surface area contributed by atoms with Gasteiger partial charge in [-0.15, -0.1) is 0 Å². The molecule has 0 aromatic heterocycles. The number of ether oxygens (including phenoxy) is 4. The molecule has 0 spiro atoms. The van der Waals surface area contributed by atoms with Gasteiger partial charge in [-0.2, -0.15) is 0 Å². The van der Waals surface area contributed by atoms with Gasteiger partial charge in [0.15, 0.2) is 17.3 Å². The van der Waals surface area contributed by atoms with Gasteiger partial charge in [0.1, 0.15) is 5.75 Å². The van der Waals surface area contributed by atoms with Crippen molar-refractivity contribution in [2.75, 3.05) is 26.2 Å². The number of hydrogen-bond acceptors (Lipinski definition) is 6. The zero-order valence-electron chi connectivity index (χ0n) is 16.6. The van der Waals surface area contributed by atoms with Crippen LogP contribution in [0.4, 0.5) is 5.69 Å². The smallest absolute Gasteiger partial charge is 0.231 e. The number of allylic oxidation sites excluding steroid dienone is 1. The number of carbonyl (C=O) groups excluding carboxylic acids is 1. The maximum atomic E-state index is 13.1. The molecule has 1 aliphatic rings. The fourth-order valence-corrected chi connectivity index (χ4v) is 3.05. The van der Waals surface area contributed by atoms with Crippen LogP contribution in [0, 0.1) is 5.92 Å². The highest BCUT2D eigenvalue weighted by atomic mass is 16.7. The summed E-state index contributed by atoms with van der Waals surface area (Å²) in [5.41, 5.74) is 8.46. The molecule has 148 valence electrons. The van der Waals surface area contributed by atoms with Crippen LogP contribution < -0.4 is 24.7 Å². The first-order valence-electron chi connectivity index (χ1n) is 9.20. The molecule has 6 heteroatoms. The predicted octanol–water partition coefficient (Wildman–Crippen LogP) is 4.33. The van der Waals surface area contributed by atoms with Gasteiger partial charge in [-0.1, -0.05) is 13.8 Å². The summed E-state index contributed by atoms with van der Waals surface area (Å²) in [5, 5.41) is 0. The molecule has 0 radical (unpaired) electrons. The monoisotopic (exact) mass is 383 g/mol. The van der Waals surface area contributed by atoms with Crippen molar-refractivity contribution in [2.45, 2.75) is 20.8 Å². The Hall–Kier alpha value is -3.15. The normalized spacial score (nSPS) is 13.0. The highest BCUT2D eigenvalue weighted by Gasteiger charge is 2.21. The number of anilines is 1. The summed E-state index contributed by atoms with van der Waals surface area (Å²) in [7, 11) is 1.57. The Labute approximate surface area is 164 Å². The van der Waals surface area contributed by atoms with E-state index in [4.69, 9.17) is 24.7 Å². The van der Waals surface area contributed by atoms with E-state index in [2.05, 4.69) is 0 Å². The zero-order valence-corrected chi connectivity index (χ0v) is 16.6. The van der Waals surface area contributed by atoms with Gasteiger partial charge in [0.2, 0.25) is 12.5 Å². The summed E-state index contributed by atoms with van der Waals surface area (Å²) in [5.74, 6) is 2.26. The minimum atomic E-state index is -0.0821. The Morgan fingerprint density at radius 3 is 2.64 bits per heavy atom. The van der Waals surface area contributed by atoms with E-state index in [1.165, 1.54) is 0 Å². The van der Waals surface area contributed by atoms with E-state index < -0.39 is 0 Å². The van der Waals surface area contributed by atoms with Crippen LogP contribution in [0.15, 0.2) is 35.9 Å². The number of methoxy groups -OCH3 is 1. The molecule has 28 heavy (non-hydrogen) atoms. The third kappa shape index (κ3) is 3.91. The Bertz CT molecular complexity index is 917. The average Bonchev–Trinajstić information content (AvgIpc) is 3.15. The minimum Gasteiger partial charge on any atom is -0.493 e. The van der Waals surface area contributed by atoms with Crippen LogP contribution in [0.1, 0.15) is 36.7 Å². The molecular formula is C22H25NO5. The molecule has 3 rings (SSSR count). The highest BCUT2D eigenvalue weighted by molar-refractivity contribution is 6.12. The fourth-order valence-electron chi connectivity index (χ4n) is 3.05. The first-order valence-corrected chi connectivity index (χ1v) is 9.20. The molecule has 0 fully saturated rings. The van der Waals surface area contributed by atoms with E-state index in [1.807, 2.05) is 39.0 Å². The number of benzene rings is 2. The number of nitrogen functional groups attached to an aromatic ring is 1. The summed E-state index contributed by atoms with van der Waals surface area (Å²) in [6, 6.07) is 8.79. The van der Waals surface area contributed by atoms with E-state index in [0.717, 1.165) is 5.56 Å². The Kier molecular flexibility index (Phi) is 5.78. The lowest BCUT2D eigenvalue weighted by Crippen LogP contribution is -2.10. The molecule has 2 aromatic rings. The van der Waals surface area contributed by atoms with Crippen molar-refractivity contribution in [2.24, 2.45) is 5.92 Å². The largest absolute Gasteiger partial charge is 0.493 e. The maximum Gasteiger partial charge on any atom is 0.231 e. The number of Topliss-reactive ketones (excluding diaryl/α,β-unsaturated/α-hetero) is 1. The van der Waals surface area contributed by atoms with Gasteiger partial charge in [-0.25, -0.2) is 0 Å². The van der Waals surface area contributed by atoms with Crippen molar-refractivity contribution in [3.8, 4) is 23.0 Å². The third-order valence-electron chi connectivity index (χ3n) is 4.46. The van der Waals surface area contributed by atoms with E-state index in [-0.39, 0.29) is 18.5 Å². The number of carbonyl (C=O) groups is 1. The van der Waals surface area contributed by atoms with Gasteiger partial charge in [0.05, 0.1) is 19.4 Å². The van der Waals surface area contributed by atoms with Crippen molar-refractivity contribution in [3.63, 3.8) is 0 Å². The molecule has 6 nitrogen and oxygen atoms in total. The molecular weight excluding hydrogens is 358 g/mol. The number of nitrogens with two attached hydrogens (primary N) is 1. The lowest BCUT2D eigenvalue weighted by atomic mass is 9.92. The lowest BCUT2D eigenvalue weighted by Gasteiger charge is -2.13. The first-order chi connectivity index (χ1) is 13.4. The van der Waals surface area contributed by atoms with Crippen LogP contribution in [0.2, 0.25) is 0 Å². The average molecular weight is 383 g/mol. The lowest BCUT2D eigenvalue weighted by molar-refractivity contribution is 0.102. The SMILES string of the molecule is CCOc1ccc(C(=O)/C(=C/c2cc(OC)c3c(c2)OCO3)C(C)C)cc1N. The van der Waals surface area contributed by atoms with Crippen LogP contribution >= 0.6 is 0 Å². The summed E-state index contributed by atoms with van der Waals surface area (Å²) in [6.07, 6.45) is 1.85. The molecule has 2 aromatic carbocycles. The zero-order chi connectivity index (χ0) is 20.3. The van der Waals surface area contributed by atoms with Crippen LogP contribution in [0.5, 0.6) is 23.0 Å². The molecule has 0 aliphatic carbocycles. The fraction of sp³-hybridized carbons (Fsp3) is 0.318. The number of rotatable bonds is 7. The summed E-state index contributed by atoms with van der Waals surface area (Å²) in [4.78, 5) is 13.1. The van der Waals surface area contributed by atoms with Crippen molar-refractivity contribution in [1.82, 2.24) is 0 Å². The molecule has 0 bridgehead atoms. The third-order valence-corrected chi connectivity index (χ3v) is 4.46. The van der Waals surface area contributed by atoms with Gasteiger partial charge in [-0.05, 0) is 54.8 Å². The first kappa shape index (κ1) is 19.6. The second-order valence-corrected chi connectivity index (χ2v) is 6.73. The molecule has 2 N–H and O–H groups in total. The number of ketones is 1. The van der Waals surface area contributed by atoms with Crippen molar-refractivity contribution in [1.29, 1.82) is 0 Å². The number of hydrogen-bond donors (Lipinski definition) is 1. The van der Waals surface area contributed by atoms with E-state index in [9.17, 15) is 4.79 Å². The van der Waals surface area contributed by atoms with Gasteiger partial charge in [0.25, 0.3) is 0 Å². The van der Waals surface area contributed by atoms with Gasteiger partial charge in [0, 0.05) is 11.1 Å². The van der Waals surface area contributed by atoms with Crippen LogP contribution in [0.3, 0.4) is 0 Å². The molecule has 0 amide bonds. The summed E-state index contributed by atoms with van der Waals surface area (Å²) in [6.45, 7) is 6.51. The van der Waals surface area contributed by atoms with Gasteiger partial charge < -0.3 is 24.7 Å². The van der Waals surface area contributed by atoms with Gasteiger partial charge in [-0.3, -0.25) is 4.79 Å². The second kappa shape index (κ2) is 8.25. The maximum absolute atomic E-state index is 13.1.